The molecule has 1 radical (unpaired) electrons. The monoisotopic (exact) mass is 195 g/mol. The quantitative estimate of drug-likeness (QED) is 0.489. The first-order valence-electron chi connectivity index (χ1n) is 4.85. The Kier molecular flexibility index (Phi) is 4.92. The van der Waals surface area contributed by atoms with Crippen LogP contribution in [0.5, 0.6) is 0 Å². The van der Waals surface area contributed by atoms with Crippen LogP contribution in [0.4, 0.5) is 0 Å². The van der Waals surface area contributed by atoms with Crippen LogP contribution in [0.3, 0.4) is 0 Å². The minimum atomic E-state index is 0.610. The van der Waals surface area contributed by atoms with Crippen LogP contribution in [0, 0.1) is 6.42 Å². The van der Waals surface area contributed by atoms with Gasteiger partial charge in [0.05, 0.1) is 0 Å². The van der Waals surface area contributed by atoms with Crippen molar-refractivity contribution in [3.05, 3.63) is 41.8 Å². The molecule has 0 N–H and O–H groups in total. The summed E-state index contributed by atoms with van der Waals surface area (Å²) < 4.78 is 0. The second-order valence-electron chi connectivity index (χ2n) is 3.18. The van der Waals surface area contributed by atoms with Gasteiger partial charge in [-0.25, -0.2) is 0 Å². The maximum atomic E-state index is 5.82. The number of unbranched alkanes of at least 4 members (excludes halogenated alkanes) is 2. The van der Waals surface area contributed by atoms with Crippen molar-refractivity contribution < 1.29 is 0 Å². The summed E-state index contributed by atoms with van der Waals surface area (Å²) >= 11 is 5.82. The highest BCUT2D eigenvalue weighted by atomic mass is 35.5. The van der Waals surface area contributed by atoms with Gasteiger partial charge in [-0.3, -0.25) is 0 Å². The van der Waals surface area contributed by atoms with E-state index in [0.29, 0.717) is 5.88 Å². The molecule has 71 valence electrons. The maximum Gasteiger partial charge on any atom is 0.0476 e. The van der Waals surface area contributed by atoms with Crippen LogP contribution in [0.25, 0.3) is 0 Å². The molecule has 13 heavy (non-hydrogen) atoms. The summed E-state index contributed by atoms with van der Waals surface area (Å²) in [5.74, 6) is 0.610. The van der Waals surface area contributed by atoms with Crippen LogP contribution in [-0.4, -0.2) is 0 Å². The van der Waals surface area contributed by atoms with E-state index in [4.69, 9.17) is 11.6 Å². The van der Waals surface area contributed by atoms with Gasteiger partial charge < -0.3 is 0 Å². The van der Waals surface area contributed by atoms with Crippen LogP contribution in [0.2, 0.25) is 0 Å². The van der Waals surface area contributed by atoms with Crippen molar-refractivity contribution in [1.82, 2.24) is 0 Å². The Balaban J connectivity index is 2.54. The molecule has 1 aromatic rings. The molecule has 1 aromatic carbocycles. The zero-order valence-electron chi connectivity index (χ0n) is 8.09. The van der Waals surface area contributed by atoms with Gasteiger partial charge in [0.1, 0.15) is 0 Å². The van der Waals surface area contributed by atoms with Gasteiger partial charge in [-0.1, -0.05) is 44.0 Å². The fraction of sp³-hybridized carbons (Fsp3) is 0.417. The molecule has 0 spiro atoms. The van der Waals surface area contributed by atoms with E-state index < -0.39 is 0 Å². The molecule has 0 atom stereocenters. The summed E-state index contributed by atoms with van der Waals surface area (Å²) in [6, 6.07) is 8.32. The third kappa shape index (κ3) is 3.40. The standard InChI is InChI=1S/C12H16Cl/c1-2-3-4-7-11-8-5-6-9-12(11)10-13/h5-9H,2-4,10H2,1H3. The SMILES string of the molecule is CCCC[CH]c1ccccc1CCl. The zero-order valence-corrected chi connectivity index (χ0v) is 8.85. The van der Waals surface area contributed by atoms with E-state index in [1.54, 1.807) is 0 Å². The summed E-state index contributed by atoms with van der Waals surface area (Å²) in [4.78, 5) is 0. The molecule has 0 nitrogen and oxygen atoms in total. The zero-order chi connectivity index (χ0) is 9.52. The summed E-state index contributed by atoms with van der Waals surface area (Å²) in [5.41, 5.74) is 2.53. The molecule has 0 aliphatic rings. The highest BCUT2D eigenvalue weighted by molar-refractivity contribution is 6.17. The van der Waals surface area contributed by atoms with E-state index in [9.17, 15) is 0 Å². The average molecular weight is 196 g/mol. The molecule has 0 saturated heterocycles. The second-order valence-corrected chi connectivity index (χ2v) is 3.45. The first-order valence-corrected chi connectivity index (χ1v) is 5.39. The van der Waals surface area contributed by atoms with Crippen molar-refractivity contribution >= 4 is 11.6 Å². The lowest BCUT2D eigenvalue weighted by molar-refractivity contribution is 0.790. The molecule has 0 heterocycles. The summed E-state index contributed by atoms with van der Waals surface area (Å²) in [7, 11) is 0. The van der Waals surface area contributed by atoms with Gasteiger partial charge in [0.2, 0.25) is 0 Å². The van der Waals surface area contributed by atoms with Gasteiger partial charge in [0, 0.05) is 5.88 Å². The smallest absolute Gasteiger partial charge is 0.0476 e. The van der Waals surface area contributed by atoms with Crippen LogP contribution >= 0.6 is 11.6 Å². The number of hydrogen-bond donors (Lipinski definition) is 0. The summed E-state index contributed by atoms with van der Waals surface area (Å²) in [6.07, 6.45) is 5.95. The minimum absolute atomic E-state index is 0.610. The molecule has 1 heteroatoms. The first kappa shape index (κ1) is 10.6. The summed E-state index contributed by atoms with van der Waals surface area (Å²) in [6.45, 7) is 2.21. The first-order chi connectivity index (χ1) is 6.38. The topological polar surface area (TPSA) is 0 Å². The fourth-order valence-corrected chi connectivity index (χ4v) is 1.56. The van der Waals surface area contributed by atoms with E-state index in [1.807, 2.05) is 6.07 Å². The summed E-state index contributed by atoms with van der Waals surface area (Å²) in [5, 5.41) is 0. The normalized spacial score (nSPS) is 10.3. The lowest BCUT2D eigenvalue weighted by Gasteiger charge is -2.05. The van der Waals surface area contributed by atoms with Crippen LogP contribution in [-0.2, 0) is 5.88 Å². The Hall–Kier alpha value is -0.490. The number of alkyl halides is 1. The maximum absolute atomic E-state index is 5.82. The van der Waals surface area contributed by atoms with Gasteiger partial charge in [0.15, 0.2) is 0 Å². The van der Waals surface area contributed by atoms with E-state index in [0.717, 1.165) is 6.42 Å². The molecule has 1 rings (SSSR count). The molecular weight excluding hydrogens is 180 g/mol. The third-order valence-corrected chi connectivity index (χ3v) is 2.41. The Bertz CT molecular complexity index is 243. The van der Waals surface area contributed by atoms with Crippen LogP contribution < -0.4 is 0 Å². The van der Waals surface area contributed by atoms with E-state index in [1.165, 1.54) is 24.0 Å². The van der Waals surface area contributed by atoms with Crippen LogP contribution in [0.15, 0.2) is 24.3 Å². The van der Waals surface area contributed by atoms with Crippen molar-refractivity contribution in [2.24, 2.45) is 0 Å². The van der Waals surface area contributed by atoms with Crippen molar-refractivity contribution in [3.8, 4) is 0 Å². The van der Waals surface area contributed by atoms with Crippen LogP contribution in [0.1, 0.15) is 37.3 Å². The predicted molar refractivity (Wildman–Crippen MR) is 58.9 cm³/mol. The molecule has 0 aliphatic heterocycles. The molecule has 0 saturated carbocycles. The lowest BCUT2D eigenvalue weighted by atomic mass is 10.0. The van der Waals surface area contributed by atoms with Gasteiger partial charge in [-0.05, 0) is 24.0 Å². The Morgan fingerprint density at radius 1 is 1.31 bits per heavy atom. The predicted octanol–water partition coefficient (Wildman–Crippen LogP) is 4.17. The van der Waals surface area contributed by atoms with Gasteiger partial charge in [-0.2, -0.15) is 0 Å². The molecule has 0 unspecified atom stereocenters. The highest BCUT2D eigenvalue weighted by Gasteiger charge is 1.99. The van der Waals surface area contributed by atoms with Crippen molar-refractivity contribution in [3.63, 3.8) is 0 Å². The highest BCUT2D eigenvalue weighted by Crippen LogP contribution is 2.16. The third-order valence-electron chi connectivity index (χ3n) is 2.12. The minimum Gasteiger partial charge on any atom is -0.122 e. The van der Waals surface area contributed by atoms with E-state index in [-0.39, 0.29) is 0 Å². The molecule has 0 bridgehead atoms. The lowest BCUT2D eigenvalue weighted by Crippen LogP contribution is -1.89. The van der Waals surface area contributed by atoms with Crippen molar-refractivity contribution in [2.45, 2.75) is 32.1 Å². The van der Waals surface area contributed by atoms with Crippen molar-refractivity contribution in [2.75, 3.05) is 0 Å². The van der Waals surface area contributed by atoms with Crippen molar-refractivity contribution in [1.29, 1.82) is 0 Å². The Labute approximate surface area is 85.9 Å². The van der Waals surface area contributed by atoms with Gasteiger partial charge >= 0.3 is 0 Å². The number of hydrogen-bond acceptors (Lipinski definition) is 0. The number of benzene rings is 1. The Morgan fingerprint density at radius 3 is 2.77 bits per heavy atom. The van der Waals surface area contributed by atoms with E-state index >= 15 is 0 Å². The average Bonchev–Trinajstić information content (AvgIpc) is 2.19. The van der Waals surface area contributed by atoms with E-state index in [2.05, 4.69) is 31.5 Å². The van der Waals surface area contributed by atoms with Gasteiger partial charge in [0.25, 0.3) is 0 Å². The molecule has 0 aliphatic carbocycles. The second kappa shape index (κ2) is 6.04. The fourth-order valence-electron chi connectivity index (χ4n) is 1.32. The Morgan fingerprint density at radius 2 is 2.08 bits per heavy atom. The molecule has 0 aromatic heterocycles. The van der Waals surface area contributed by atoms with Gasteiger partial charge in [-0.15, -0.1) is 11.6 Å². The molecule has 0 fully saturated rings. The largest absolute Gasteiger partial charge is 0.122 e. The molecule has 0 amide bonds. The molecular formula is C12H16Cl. The number of rotatable bonds is 5. The number of halogens is 1.